The topological polar surface area (TPSA) is 81.1 Å². The largest absolute Gasteiger partial charge is 0.481 e. The Bertz CT molecular complexity index is 341. The molecule has 1 fully saturated rings. The Morgan fingerprint density at radius 3 is 2.65 bits per heavy atom. The predicted molar refractivity (Wildman–Crippen MR) is 66.6 cm³/mol. The number of nitrogens with zero attached hydrogens (tertiary/aromatic N) is 2. The van der Waals surface area contributed by atoms with Crippen LogP contribution < -0.4 is 0 Å². The first-order valence-corrected chi connectivity index (χ1v) is 6.58. The summed E-state index contributed by atoms with van der Waals surface area (Å²) in [4.78, 5) is 24.9. The maximum absolute atomic E-state index is 12.4. The van der Waals surface area contributed by atoms with E-state index in [9.17, 15) is 18.4 Å². The number of halogens is 2. The smallest absolute Gasteiger partial charge is 0.320 e. The van der Waals surface area contributed by atoms with Crippen LogP contribution in [0, 0.1) is 5.92 Å². The van der Waals surface area contributed by atoms with Crippen molar-refractivity contribution in [1.29, 1.82) is 0 Å². The number of urea groups is 1. The summed E-state index contributed by atoms with van der Waals surface area (Å²) in [5.41, 5.74) is 0. The highest BCUT2D eigenvalue weighted by Crippen LogP contribution is 2.22. The molecule has 1 heterocycles. The highest BCUT2D eigenvalue weighted by atomic mass is 19.3. The van der Waals surface area contributed by atoms with Crippen LogP contribution in [-0.2, 0) is 4.79 Å². The Kier molecular flexibility index (Phi) is 6.63. The van der Waals surface area contributed by atoms with Gasteiger partial charge in [0.2, 0.25) is 0 Å². The fourth-order valence-corrected chi connectivity index (χ4v) is 2.32. The van der Waals surface area contributed by atoms with E-state index in [1.54, 1.807) is 0 Å². The van der Waals surface area contributed by atoms with Crippen molar-refractivity contribution in [3.63, 3.8) is 0 Å². The summed E-state index contributed by atoms with van der Waals surface area (Å²) in [6.07, 6.45) is -1.44. The molecule has 0 aromatic carbocycles. The van der Waals surface area contributed by atoms with E-state index in [1.807, 2.05) is 0 Å². The molecule has 0 spiro atoms. The van der Waals surface area contributed by atoms with Gasteiger partial charge in [0.05, 0.1) is 13.2 Å². The zero-order valence-corrected chi connectivity index (χ0v) is 11.2. The summed E-state index contributed by atoms with van der Waals surface area (Å²) < 4.78 is 24.8. The molecule has 2 N–H and O–H groups in total. The van der Waals surface area contributed by atoms with E-state index < -0.39 is 25.0 Å². The number of carbonyl (C=O) groups excluding carboxylic acids is 1. The number of carbonyl (C=O) groups is 2. The second-order valence-corrected chi connectivity index (χ2v) is 4.88. The normalized spacial score (nSPS) is 18.6. The zero-order chi connectivity index (χ0) is 15.1. The first kappa shape index (κ1) is 16.6. The van der Waals surface area contributed by atoms with Gasteiger partial charge in [-0.05, 0) is 18.8 Å². The molecule has 1 rings (SSSR count). The Labute approximate surface area is 116 Å². The van der Waals surface area contributed by atoms with Gasteiger partial charge in [-0.15, -0.1) is 0 Å². The van der Waals surface area contributed by atoms with Crippen LogP contribution in [0.15, 0.2) is 0 Å². The first-order valence-electron chi connectivity index (χ1n) is 6.58. The number of aliphatic hydroxyl groups is 1. The van der Waals surface area contributed by atoms with Gasteiger partial charge in [-0.25, -0.2) is 13.6 Å². The van der Waals surface area contributed by atoms with Crippen LogP contribution in [0.1, 0.15) is 19.3 Å². The minimum atomic E-state index is -2.64. The number of carboxylic acids is 1. The quantitative estimate of drug-likeness (QED) is 0.729. The van der Waals surface area contributed by atoms with Crippen molar-refractivity contribution in [3.8, 4) is 0 Å². The van der Waals surface area contributed by atoms with Crippen LogP contribution in [0.4, 0.5) is 13.6 Å². The van der Waals surface area contributed by atoms with Crippen molar-refractivity contribution in [3.05, 3.63) is 0 Å². The van der Waals surface area contributed by atoms with Crippen LogP contribution in [-0.4, -0.2) is 71.2 Å². The first-order chi connectivity index (χ1) is 9.43. The second-order valence-electron chi connectivity index (χ2n) is 4.88. The molecule has 2 amide bonds. The molecular weight excluding hydrogens is 274 g/mol. The van der Waals surface area contributed by atoms with Crippen molar-refractivity contribution in [2.45, 2.75) is 25.7 Å². The van der Waals surface area contributed by atoms with Gasteiger partial charge < -0.3 is 20.0 Å². The van der Waals surface area contributed by atoms with Crippen LogP contribution in [0.25, 0.3) is 0 Å². The lowest BCUT2D eigenvalue weighted by Crippen LogP contribution is -2.45. The monoisotopic (exact) mass is 294 g/mol. The summed E-state index contributed by atoms with van der Waals surface area (Å²) in [6.45, 7) is -0.366. The molecule has 8 heteroatoms. The standard InChI is InChI=1S/C12H20F2N2O4/c13-10(14)8-16(5-6-17)12(20)15-4-3-9(7-15)1-2-11(18)19/h9-10,17H,1-8H2,(H,18,19). The van der Waals surface area contributed by atoms with Gasteiger partial charge in [0.15, 0.2) is 0 Å². The number of aliphatic carboxylic acids is 1. The molecule has 0 aromatic heterocycles. The lowest BCUT2D eigenvalue weighted by atomic mass is 10.0. The molecule has 1 unspecified atom stereocenters. The van der Waals surface area contributed by atoms with Crippen LogP contribution in [0.5, 0.6) is 0 Å². The number of alkyl halides is 2. The number of hydrogen-bond donors (Lipinski definition) is 2. The van der Waals surface area contributed by atoms with E-state index in [2.05, 4.69) is 0 Å². The molecule has 0 bridgehead atoms. The molecular formula is C12H20F2N2O4. The molecule has 0 radical (unpaired) electrons. The predicted octanol–water partition coefficient (Wildman–Crippen LogP) is 0.853. The van der Waals surface area contributed by atoms with Gasteiger partial charge in [0.1, 0.15) is 0 Å². The third-order valence-corrected chi connectivity index (χ3v) is 3.32. The fraction of sp³-hybridized carbons (Fsp3) is 0.833. The van der Waals surface area contributed by atoms with Crippen molar-refractivity contribution < 1.29 is 28.6 Å². The van der Waals surface area contributed by atoms with Crippen LogP contribution >= 0.6 is 0 Å². The van der Waals surface area contributed by atoms with Gasteiger partial charge in [0.25, 0.3) is 6.43 Å². The van der Waals surface area contributed by atoms with Crippen LogP contribution in [0.3, 0.4) is 0 Å². The minimum absolute atomic E-state index is 0.0457. The van der Waals surface area contributed by atoms with Crippen molar-refractivity contribution in [2.75, 3.05) is 32.8 Å². The molecule has 0 aromatic rings. The van der Waals surface area contributed by atoms with E-state index in [0.717, 1.165) is 4.90 Å². The van der Waals surface area contributed by atoms with Gasteiger partial charge in [-0.1, -0.05) is 0 Å². The Hall–Kier alpha value is -1.44. The molecule has 0 saturated carbocycles. The lowest BCUT2D eigenvalue weighted by molar-refractivity contribution is -0.137. The molecule has 1 atom stereocenters. The van der Waals surface area contributed by atoms with Crippen molar-refractivity contribution >= 4 is 12.0 Å². The molecule has 1 aliphatic rings. The highest BCUT2D eigenvalue weighted by molar-refractivity contribution is 5.74. The lowest BCUT2D eigenvalue weighted by Gasteiger charge is -2.27. The van der Waals surface area contributed by atoms with E-state index in [1.165, 1.54) is 4.90 Å². The number of amides is 2. The highest BCUT2D eigenvalue weighted by Gasteiger charge is 2.30. The third-order valence-electron chi connectivity index (χ3n) is 3.32. The SMILES string of the molecule is O=C(O)CCC1CCN(C(=O)N(CCO)CC(F)F)C1. The minimum Gasteiger partial charge on any atom is -0.481 e. The average Bonchev–Trinajstić information content (AvgIpc) is 2.83. The van der Waals surface area contributed by atoms with E-state index in [4.69, 9.17) is 10.2 Å². The number of rotatable bonds is 7. The number of carboxylic acid groups (broad SMARTS) is 1. The van der Waals surface area contributed by atoms with Crippen molar-refractivity contribution in [1.82, 2.24) is 9.80 Å². The van der Waals surface area contributed by atoms with Gasteiger partial charge in [-0.3, -0.25) is 4.79 Å². The van der Waals surface area contributed by atoms with Crippen LogP contribution in [0.2, 0.25) is 0 Å². The molecule has 6 nitrogen and oxygen atoms in total. The fourth-order valence-electron chi connectivity index (χ4n) is 2.32. The molecule has 20 heavy (non-hydrogen) atoms. The Morgan fingerprint density at radius 1 is 1.40 bits per heavy atom. The Morgan fingerprint density at radius 2 is 2.10 bits per heavy atom. The van der Waals surface area contributed by atoms with Crippen molar-refractivity contribution in [2.24, 2.45) is 5.92 Å². The van der Waals surface area contributed by atoms with Gasteiger partial charge >= 0.3 is 12.0 Å². The van der Waals surface area contributed by atoms with E-state index >= 15 is 0 Å². The summed E-state index contributed by atoms with van der Waals surface area (Å²) >= 11 is 0. The Balaban J connectivity index is 2.48. The second kappa shape index (κ2) is 7.98. The molecule has 0 aliphatic carbocycles. The van der Waals surface area contributed by atoms with Gasteiger partial charge in [0, 0.05) is 26.1 Å². The summed E-state index contributed by atoms with van der Waals surface area (Å²) in [6, 6.07) is -0.517. The number of hydrogen-bond acceptors (Lipinski definition) is 3. The third kappa shape index (κ3) is 5.28. The average molecular weight is 294 g/mol. The molecule has 116 valence electrons. The zero-order valence-electron chi connectivity index (χ0n) is 11.2. The summed E-state index contributed by atoms with van der Waals surface area (Å²) in [5, 5.41) is 17.4. The van der Waals surface area contributed by atoms with Gasteiger partial charge in [-0.2, -0.15) is 0 Å². The van der Waals surface area contributed by atoms with E-state index in [-0.39, 0.29) is 25.5 Å². The maximum Gasteiger partial charge on any atom is 0.320 e. The number of aliphatic hydroxyl groups excluding tert-OH is 1. The molecule has 1 aliphatic heterocycles. The maximum atomic E-state index is 12.4. The molecule has 1 saturated heterocycles. The summed E-state index contributed by atoms with van der Waals surface area (Å²) in [7, 11) is 0. The number of likely N-dealkylation sites (tertiary alicyclic amines) is 1. The van der Waals surface area contributed by atoms with E-state index in [0.29, 0.717) is 25.9 Å². The summed E-state index contributed by atoms with van der Waals surface area (Å²) in [5.74, 6) is -0.785.